The summed E-state index contributed by atoms with van der Waals surface area (Å²) in [6.07, 6.45) is 0. The lowest BCUT2D eigenvalue weighted by Gasteiger charge is -2.07. The van der Waals surface area contributed by atoms with Gasteiger partial charge in [0.05, 0.1) is 17.6 Å². The number of hydrogen-bond acceptors (Lipinski definition) is 4. The molecule has 0 radical (unpaired) electrons. The van der Waals surface area contributed by atoms with Crippen molar-refractivity contribution in [3.8, 4) is 0 Å². The van der Waals surface area contributed by atoms with E-state index in [9.17, 15) is 14.5 Å². The first-order valence-electron chi connectivity index (χ1n) is 3.86. The third-order valence-corrected chi connectivity index (χ3v) is 1.79. The summed E-state index contributed by atoms with van der Waals surface area (Å²) in [7, 11) is 0. The van der Waals surface area contributed by atoms with E-state index in [0.29, 0.717) is 5.56 Å². The highest BCUT2D eigenvalue weighted by Crippen LogP contribution is 2.21. The smallest absolute Gasteiger partial charge is 0.305 e. The van der Waals surface area contributed by atoms with E-state index in [1.54, 1.807) is 0 Å². The Morgan fingerprint density at radius 2 is 2.29 bits per heavy atom. The highest BCUT2D eigenvalue weighted by Gasteiger charge is 2.16. The second kappa shape index (κ2) is 4.12. The first kappa shape index (κ1) is 10.6. The van der Waals surface area contributed by atoms with Gasteiger partial charge in [0.15, 0.2) is 0 Å². The van der Waals surface area contributed by atoms with Gasteiger partial charge in [-0.05, 0) is 11.6 Å². The number of nitro groups is 1. The Bertz CT molecular complexity index is 356. The molecule has 0 amide bonds. The summed E-state index contributed by atoms with van der Waals surface area (Å²) in [6, 6.07) is 2.57. The monoisotopic (exact) mass is 200 g/mol. The summed E-state index contributed by atoms with van der Waals surface area (Å²) in [5.41, 5.74) is 5.12. The zero-order valence-corrected chi connectivity index (χ0v) is 7.18. The largest absolute Gasteiger partial charge is 0.394 e. The van der Waals surface area contributed by atoms with E-state index in [0.717, 1.165) is 12.1 Å². The molecule has 0 bridgehead atoms. The molecule has 0 aliphatic heterocycles. The maximum Gasteiger partial charge on any atom is 0.305 e. The van der Waals surface area contributed by atoms with Crippen LogP contribution in [0.3, 0.4) is 0 Å². The Morgan fingerprint density at radius 3 is 2.79 bits per heavy atom. The molecule has 5 nitrogen and oxygen atoms in total. The molecule has 1 rings (SSSR count). The first-order valence-corrected chi connectivity index (χ1v) is 3.86. The number of nitrogens with two attached hydrogens (primary N) is 1. The lowest BCUT2D eigenvalue weighted by molar-refractivity contribution is -0.387. The fourth-order valence-electron chi connectivity index (χ4n) is 1.01. The Hall–Kier alpha value is -1.53. The summed E-state index contributed by atoms with van der Waals surface area (Å²) in [5.74, 6) is -0.913. The zero-order valence-electron chi connectivity index (χ0n) is 7.18. The maximum absolute atomic E-state index is 12.8. The number of rotatable bonds is 3. The first-order chi connectivity index (χ1) is 6.56. The number of hydrogen-bond donors (Lipinski definition) is 2. The van der Waals surface area contributed by atoms with Gasteiger partial charge >= 0.3 is 5.69 Å². The van der Waals surface area contributed by atoms with Crippen LogP contribution in [0.5, 0.6) is 0 Å². The van der Waals surface area contributed by atoms with Crippen molar-refractivity contribution in [2.45, 2.75) is 6.04 Å². The topological polar surface area (TPSA) is 89.4 Å². The molecule has 0 aromatic heterocycles. The van der Waals surface area contributed by atoms with Crippen LogP contribution in [0.4, 0.5) is 10.1 Å². The lowest BCUT2D eigenvalue weighted by atomic mass is 10.1. The van der Waals surface area contributed by atoms with E-state index < -0.39 is 22.5 Å². The van der Waals surface area contributed by atoms with Crippen LogP contribution in [0.2, 0.25) is 0 Å². The summed E-state index contributed by atoms with van der Waals surface area (Å²) in [5, 5.41) is 19.0. The molecule has 3 N–H and O–H groups in total. The second-order valence-corrected chi connectivity index (χ2v) is 2.76. The molecule has 0 aliphatic rings. The standard InChI is InChI=1S/C8H9FN2O3/c9-6-2-1-5(7(10)4-12)3-8(6)11(13)14/h1-3,7,12H,4,10H2/t7-/m0/s1. The van der Waals surface area contributed by atoms with Gasteiger partial charge in [0.25, 0.3) is 0 Å². The van der Waals surface area contributed by atoms with Crippen LogP contribution in [0, 0.1) is 15.9 Å². The van der Waals surface area contributed by atoms with Crippen LogP contribution in [0.15, 0.2) is 18.2 Å². The summed E-state index contributed by atoms with van der Waals surface area (Å²) in [4.78, 5) is 9.52. The number of nitrogens with zero attached hydrogens (tertiary/aromatic N) is 1. The highest BCUT2D eigenvalue weighted by atomic mass is 19.1. The van der Waals surface area contributed by atoms with Gasteiger partial charge in [-0.1, -0.05) is 6.07 Å². The Balaban J connectivity index is 3.12. The summed E-state index contributed by atoms with van der Waals surface area (Å²) < 4.78 is 12.8. The molecule has 0 aliphatic carbocycles. The molecule has 0 fully saturated rings. The second-order valence-electron chi connectivity index (χ2n) is 2.76. The van der Waals surface area contributed by atoms with Crippen molar-refractivity contribution < 1.29 is 14.4 Å². The van der Waals surface area contributed by atoms with E-state index in [1.165, 1.54) is 6.07 Å². The van der Waals surface area contributed by atoms with E-state index in [2.05, 4.69) is 0 Å². The van der Waals surface area contributed by atoms with Crippen molar-refractivity contribution in [1.29, 1.82) is 0 Å². The number of nitro benzene ring substituents is 1. The van der Waals surface area contributed by atoms with Crippen LogP contribution in [0.25, 0.3) is 0 Å². The van der Waals surface area contributed by atoms with E-state index >= 15 is 0 Å². The molecule has 6 heteroatoms. The van der Waals surface area contributed by atoms with E-state index in [4.69, 9.17) is 10.8 Å². The number of aliphatic hydroxyl groups excluding tert-OH is 1. The SMILES string of the molecule is N[C@@H](CO)c1ccc(F)c([N+](=O)[O-])c1. The average Bonchev–Trinajstić information content (AvgIpc) is 2.17. The van der Waals surface area contributed by atoms with Gasteiger partial charge < -0.3 is 10.8 Å². The van der Waals surface area contributed by atoms with Crippen molar-refractivity contribution in [1.82, 2.24) is 0 Å². The lowest BCUT2D eigenvalue weighted by Crippen LogP contribution is -2.14. The minimum atomic E-state index is -0.913. The third kappa shape index (κ3) is 2.04. The van der Waals surface area contributed by atoms with E-state index in [1.807, 2.05) is 0 Å². The predicted molar refractivity (Wildman–Crippen MR) is 47.1 cm³/mol. The zero-order chi connectivity index (χ0) is 10.7. The quantitative estimate of drug-likeness (QED) is 0.555. The fraction of sp³-hybridized carbons (Fsp3) is 0.250. The van der Waals surface area contributed by atoms with Gasteiger partial charge in [-0.2, -0.15) is 4.39 Å². The number of aliphatic hydroxyl groups is 1. The number of benzene rings is 1. The molecule has 1 aromatic rings. The van der Waals surface area contributed by atoms with Crippen molar-refractivity contribution in [2.75, 3.05) is 6.61 Å². The molecule has 76 valence electrons. The molecule has 14 heavy (non-hydrogen) atoms. The molecular formula is C8H9FN2O3. The molecule has 1 aromatic carbocycles. The van der Waals surface area contributed by atoms with E-state index in [-0.39, 0.29) is 6.61 Å². The predicted octanol–water partition coefficient (Wildman–Crippen LogP) is 0.726. The molecule has 0 spiro atoms. The highest BCUT2D eigenvalue weighted by molar-refractivity contribution is 5.37. The number of halogens is 1. The van der Waals surface area contributed by atoms with Crippen molar-refractivity contribution in [3.05, 3.63) is 39.7 Å². The van der Waals surface area contributed by atoms with Crippen LogP contribution in [-0.2, 0) is 0 Å². The van der Waals surface area contributed by atoms with Crippen LogP contribution in [0.1, 0.15) is 11.6 Å². The Labute approximate surface area is 79.1 Å². The van der Waals surface area contributed by atoms with Crippen LogP contribution in [-0.4, -0.2) is 16.6 Å². The normalized spacial score (nSPS) is 12.5. The minimum Gasteiger partial charge on any atom is -0.394 e. The molecular weight excluding hydrogens is 191 g/mol. The minimum absolute atomic E-state index is 0.334. The maximum atomic E-state index is 12.8. The van der Waals surface area contributed by atoms with Gasteiger partial charge in [-0.25, -0.2) is 0 Å². The summed E-state index contributed by atoms with van der Waals surface area (Å²) in [6.45, 7) is -0.344. The molecule has 1 atom stereocenters. The van der Waals surface area contributed by atoms with Gasteiger partial charge in [0.1, 0.15) is 0 Å². The van der Waals surface area contributed by atoms with Crippen molar-refractivity contribution in [2.24, 2.45) is 5.73 Å². The molecule has 0 unspecified atom stereocenters. The summed E-state index contributed by atoms with van der Waals surface area (Å²) >= 11 is 0. The van der Waals surface area contributed by atoms with Gasteiger partial charge in [0, 0.05) is 6.07 Å². The van der Waals surface area contributed by atoms with Crippen molar-refractivity contribution in [3.63, 3.8) is 0 Å². The molecule has 0 heterocycles. The van der Waals surface area contributed by atoms with Gasteiger partial charge in [-0.3, -0.25) is 10.1 Å². The molecule has 0 saturated heterocycles. The Kier molecular flexibility index (Phi) is 3.10. The fourth-order valence-corrected chi connectivity index (χ4v) is 1.01. The van der Waals surface area contributed by atoms with Crippen LogP contribution >= 0.6 is 0 Å². The molecule has 0 saturated carbocycles. The van der Waals surface area contributed by atoms with Gasteiger partial charge in [0.2, 0.25) is 5.82 Å². The van der Waals surface area contributed by atoms with Crippen LogP contribution < -0.4 is 5.73 Å². The average molecular weight is 200 g/mol. The Morgan fingerprint density at radius 1 is 1.64 bits per heavy atom. The van der Waals surface area contributed by atoms with Crippen molar-refractivity contribution >= 4 is 5.69 Å². The third-order valence-electron chi connectivity index (χ3n) is 1.79. The van der Waals surface area contributed by atoms with Gasteiger partial charge in [-0.15, -0.1) is 0 Å².